The number of nitrogens with two attached hydrogens (primary N) is 5. The summed E-state index contributed by atoms with van der Waals surface area (Å²) in [6, 6.07) is 0.203. The first-order valence-corrected chi connectivity index (χ1v) is 24.5. The number of nitrogens with one attached hydrogen (secondary N) is 7. The van der Waals surface area contributed by atoms with Crippen LogP contribution < -0.4 is 65.9 Å². The van der Waals surface area contributed by atoms with E-state index in [9.17, 15) is 52.7 Å². The summed E-state index contributed by atoms with van der Waals surface area (Å²) in [5.41, 5.74) is 26.1. The van der Waals surface area contributed by atoms with Gasteiger partial charge in [0.2, 0.25) is 65.0 Å². The Bertz CT molecular complexity index is 2110. The van der Waals surface area contributed by atoms with Gasteiger partial charge in [-0.15, -0.1) is 0 Å². The van der Waals surface area contributed by atoms with Gasteiger partial charge in [-0.3, -0.25) is 57.7 Å². The van der Waals surface area contributed by atoms with Crippen molar-refractivity contribution >= 4 is 96.2 Å². The van der Waals surface area contributed by atoms with Gasteiger partial charge in [-0.05, 0) is 56.3 Å². The van der Waals surface area contributed by atoms with Crippen molar-refractivity contribution < 1.29 is 52.7 Å². The molecule has 11 amide bonds. The minimum absolute atomic E-state index is 0.0344. The lowest BCUT2D eigenvalue weighted by Crippen LogP contribution is -2.64. The van der Waals surface area contributed by atoms with Gasteiger partial charge in [-0.2, -0.15) is 25.3 Å². The number of carbonyl (C=O) groups is 11. The van der Waals surface area contributed by atoms with Gasteiger partial charge in [0, 0.05) is 38.1 Å². The standard InChI is InChI=1S/C44H68N14O11S2/c45-32(59)14-13-27(52-38(65)28(21-25-9-3-1-4-10-25)56-42(69)44(16-5-2-6-17-44)57-35(62)15-20-70)37(64)54-29(22-33(46)60)39(66)55-30(24-71)41(68)58-19-8-12-31(58)40(67)53-26(11-7-18-50-43(48)49)36(63)51-23-34(47)61/h1,3-4,9-10,26-31,70-71H,2,5-8,11-24H2,(H2,45,59)(H2,46,60)(H2,47,61)(H,51,63)(H,52,65)(H,53,67)(H,54,64)(H,55,66)(H,56,69)(H,57,62)(H4,48,49,50)/t26-,27-,28-,29-,30-,31-/m0/s1. The first kappa shape index (κ1) is 58.7. The molecule has 1 aromatic rings. The summed E-state index contributed by atoms with van der Waals surface area (Å²) in [5.74, 6) is -9.25. The topological polar surface area (TPSA) is 418 Å². The third-order valence-corrected chi connectivity index (χ3v) is 12.4. The molecule has 3 rings (SSSR count). The van der Waals surface area contributed by atoms with E-state index in [2.05, 4.69) is 67.5 Å². The van der Waals surface area contributed by atoms with Gasteiger partial charge in [0.05, 0.1) is 13.0 Å². The molecule has 1 aromatic carbocycles. The van der Waals surface area contributed by atoms with E-state index >= 15 is 0 Å². The normalized spacial score (nSPS) is 17.0. The average molecular weight is 1030 g/mol. The molecule has 27 heteroatoms. The quantitative estimate of drug-likeness (QED) is 0.0156. The molecule has 1 heterocycles. The number of aliphatic imine (C=N–C) groups is 1. The minimum atomic E-state index is -1.76. The largest absolute Gasteiger partial charge is 0.370 e. The van der Waals surface area contributed by atoms with E-state index in [0.717, 1.165) is 6.42 Å². The number of hydrogen-bond acceptors (Lipinski definition) is 14. The lowest BCUT2D eigenvalue weighted by atomic mass is 9.80. The number of primary amides is 3. The molecule has 71 heavy (non-hydrogen) atoms. The van der Waals surface area contributed by atoms with Gasteiger partial charge >= 0.3 is 0 Å². The van der Waals surface area contributed by atoms with Crippen molar-refractivity contribution in [3.05, 3.63) is 35.9 Å². The molecule has 2 fully saturated rings. The Morgan fingerprint density at radius 2 is 1.30 bits per heavy atom. The Morgan fingerprint density at radius 1 is 0.676 bits per heavy atom. The third-order valence-electron chi connectivity index (χ3n) is 11.8. The minimum Gasteiger partial charge on any atom is -0.370 e. The molecule has 1 aliphatic carbocycles. The number of hydrogen-bond donors (Lipinski definition) is 14. The second-order valence-electron chi connectivity index (χ2n) is 17.3. The second kappa shape index (κ2) is 29.5. The van der Waals surface area contributed by atoms with Gasteiger partial charge in [-0.1, -0.05) is 49.6 Å². The van der Waals surface area contributed by atoms with Gasteiger partial charge in [0.25, 0.3) is 0 Å². The van der Waals surface area contributed by atoms with Gasteiger partial charge in [0.1, 0.15) is 41.8 Å². The van der Waals surface area contributed by atoms with Crippen LogP contribution in [-0.2, 0) is 59.2 Å². The van der Waals surface area contributed by atoms with E-state index in [0.29, 0.717) is 37.7 Å². The molecule has 0 aromatic heterocycles. The van der Waals surface area contributed by atoms with E-state index in [1.54, 1.807) is 30.3 Å². The number of nitrogens with zero attached hydrogens (tertiary/aromatic N) is 2. The number of likely N-dealkylation sites (tertiary alicyclic amines) is 1. The fourth-order valence-corrected chi connectivity index (χ4v) is 8.61. The zero-order valence-corrected chi connectivity index (χ0v) is 41.2. The van der Waals surface area contributed by atoms with Crippen LogP contribution in [0, 0.1) is 0 Å². The van der Waals surface area contributed by atoms with E-state index < -0.39 is 133 Å². The van der Waals surface area contributed by atoms with Crippen molar-refractivity contribution in [3.8, 4) is 0 Å². The number of carbonyl (C=O) groups excluding carboxylic acids is 11. The summed E-state index contributed by atoms with van der Waals surface area (Å²) >= 11 is 8.38. The highest BCUT2D eigenvalue weighted by Gasteiger charge is 2.43. The highest BCUT2D eigenvalue weighted by Crippen LogP contribution is 2.29. The number of rotatable bonds is 29. The maximum Gasteiger partial charge on any atom is 0.246 e. The Morgan fingerprint density at radius 3 is 1.90 bits per heavy atom. The summed E-state index contributed by atoms with van der Waals surface area (Å²) in [6.07, 6.45) is 1.85. The van der Waals surface area contributed by atoms with E-state index in [-0.39, 0.29) is 62.7 Å². The molecule has 25 nitrogen and oxygen atoms in total. The molecule has 1 saturated heterocycles. The molecule has 17 N–H and O–H groups in total. The Balaban J connectivity index is 1.83. The lowest BCUT2D eigenvalue weighted by Gasteiger charge is -2.37. The van der Waals surface area contributed by atoms with Crippen molar-refractivity contribution in [2.45, 2.75) is 132 Å². The predicted octanol–water partition coefficient (Wildman–Crippen LogP) is -4.49. The van der Waals surface area contributed by atoms with Crippen molar-refractivity contribution in [2.75, 3.05) is 31.1 Å². The molecular weight excluding hydrogens is 965 g/mol. The van der Waals surface area contributed by atoms with Crippen LogP contribution in [0.25, 0.3) is 0 Å². The Kier molecular flexibility index (Phi) is 24.4. The van der Waals surface area contributed by atoms with Crippen LogP contribution >= 0.6 is 25.3 Å². The van der Waals surface area contributed by atoms with Crippen LogP contribution in [0.1, 0.15) is 89.0 Å². The second-order valence-corrected chi connectivity index (χ2v) is 18.1. The molecule has 392 valence electrons. The van der Waals surface area contributed by atoms with E-state index in [1.165, 1.54) is 4.90 Å². The molecule has 0 bridgehead atoms. The summed E-state index contributed by atoms with van der Waals surface area (Å²) < 4.78 is 0. The SMILES string of the molecule is NC(=O)CC[C@H](NC(=O)[C@H](Cc1ccccc1)NC(=O)C1(NC(=O)CCS)CCCCC1)C(=O)N[C@@H](CC(N)=O)C(=O)N[C@@H](CS)C(=O)N1CCC[C@H]1C(=O)N[C@@H](CCCN=C(N)N)C(=O)NCC(N)=O. The molecule has 1 saturated carbocycles. The van der Waals surface area contributed by atoms with E-state index in [1.807, 2.05) is 0 Å². The van der Waals surface area contributed by atoms with Gasteiger partial charge in [0.15, 0.2) is 5.96 Å². The molecule has 2 aliphatic rings. The smallest absolute Gasteiger partial charge is 0.246 e. The Labute approximate surface area is 422 Å². The number of guanidine groups is 1. The monoisotopic (exact) mass is 1030 g/mol. The van der Waals surface area contributed by atoms with Crippen LogP contribution in [-0.4, -0.2) is 149 Å². The summed E-state index contributed by atoms with van der Waals surface area (Å²) in [7, 11) is 0. The maximum absolute atomic E-state index is 14.2. The fraction of sp³-hybridized carbons (Fsp3) is 0.591. The molecule has 0 spiro atoms. The lowest BCUT2D eigenvalue weighted by molar-refractivity contribution is -0.142. The highest BCUT2D eigenvalue weighted by atomic mass is 32.1. The van der Waals surface area contributed by atoms with Gasteiger partial charge in [-0.25, -0.2) is 0 Å². The first-order chi connectivity index (χ1) is 33.7. The number of thiol groups is 2. The average Bonchev–Trinajstić information content (AvgIpc) is 3.82. The van der Waals surface area contributed by atoms with Crippen molar-refractivity contribution in [1.29, 1.82) is 0 Å². The molecule has 0 unspecified atom stereocenters. The number of benzene rings is 1. The van der Waals surface area contributed by atoms with Crippen molar-refractivity contribution in [2.24, 2.45) is 33.7 Å². The fourth-order valence-electron chi connectivity index (χ4n) is 8.16. The van der Waals surface area contributed by atoms with Crippen LogP contribution in [0.5, 0.6) is 0 Å². The van der Waals surface area contributed by atoms with Crippen LogP contribution in [0.4, 0.5) is 0 Å². The van der Waals surface area contributed by atoms with Crippen molar-refractivity contribution in [1.82, 2.24) is 42.1 Å². The summed E-state index contributed by atoms with van der Waals surface area (Å²) in [4.78, 5) is 150. The van der Waals surface area contributed by atoms with Crippen LogP contribution in [0.15, 0.2) is 35.3 Å². The zero-order chi connectivity index (χ0) is 52.7. The van der Waals surface area contributed by atoms with Crippen LogP contribution in [0.3, 0.4) is 0 Å². The third kappa shape index (κ3) is 19.6. The van der Waals surface area contributed by atoms with E-state index in [4.69, 9.17) is 28.7 Å². The van der Waals surface area contributed by atoms with Gasteiger partial charge < -0.3 is 70.8 Å². The molecular formula is C44H68N14O11S2. The number of amides is 11. The maximum atomic E-state index is 14.2. The molecule has 0 radical (unpaired) electrons. The Hall–Kier alpha value is -6.64. The first-order valence-electron chi connectivity index (χ1n) is 23.3. The molecule has 6 atom stereocenters. The van der Waals surface area contributed by atoms with Crippen LogP contribution in [0.2, 0.25) is 0 Å². The summed E-state index contributed by atoms with van der Waals surface area (Å²) in [6.45, 7) is -0.336. The highest BCUT2D eigenvalue weighted by molar-refractivity contribution is 7.80. The summed E-state index contributed by atoms with van der Waals surface area (Å²) in [5, 5.41) is 17.9. The zero-order valence-electron chi connectivity index (χ0n) is 39.5. The van der Waals surface area contributed by atoms with Crippen molar-refractivity contribution in [3.63, 3.8) is 0 Å². The molecule has 1 aliphatic heterocycles. The predicted molar refractivity (Wildman–Crippen MR) is 265 cm³/mol.